The second-order valence-electron chi connectivity index (χ2n) is 5.01. The molecule has 1 fully saturated rings. The first-order chi connectivity index (χ1) is 10.3. The van der Waals surface area contributed by atoms with Gasteiger partial charge in [-0.2, -0.15) is 4.37 Å². The average molecular weight is 324 g/mol. The van der Waals surface area contributed by atoms with Gasteiger partial charge in [-0.15, -0.1) is 0 Å². The fourth-order valence-corrected chi connectivity index (χ4v) is 3.32. The van der Waals surface area contributed by atoms with Crippen molar-refractivity contribution in [2.45, 2.75) is 19.8 Å². The Kier molecular flexibility index (Phi) is 4.55. The largest absolute Gasteiger partial charge is 0.355 e. The minimum Gasteiger partial charge on any atom is -0.355 e. The number of rotatable bonds is 3. The molecule has 1 aliphatic heterocycles. The highest BCUT2D eigenvalue weighted by molar-refractivity contribution is 7.09. The summed E-state index contributed by atoms with van der Waals surface area (Å²) in [5.41, 5.74) is 0. The number of anilines is 2. The minimum absolute atomic E-state index is 0.677. The molecule has 3 heterocycles. The van der Waals surface area contributed by atoms with E-state index >= 15 is 0 Å². The summed E-state index contributed by atoms with van der Waals surface area (Å²) in [6, 6.07) is 3.88. The van der Waals surface area contributed by atoms with Crippen molar-refractivity contribution < 1.29 is 0 Å². The molecular formula is C14H18ClN5S. The van der Waals surface area contributed by atoms with Crippen LogP contribution in [0.15, 0.2) is 18.3 Å². The molecule has 0 radical (unpaired) electrons. The molecule has 0 aliphatic carbocycles. The zero-order chi connectivity index (χ0) is 14.7. The predicted molar refractivity (Wildman–Crippen MR) is 87.6 cm³/mol. The van der Waals surface area contributed by atoms with Crippen molar-refractivity contribution >= 4 is 34.1 Å². The fourth-order valence-electron chi connectivity index (χ4n) is 2.41. The third-order valence-corrected chi connectivity index (χ3v) is 4.61. The van der Waals surface area contributed by atoms with Crippen LogP contribution in [0.1, 0.15) is 19.2 Å². The highest BCUT2D eigenvalue weighted by atomic mass is 35.5. The SMILES string of the molecule is CCc1nsc(N2CCCN(c3ccc(Cl)cn3)CC2)n1. The van der Waals surface area contributed by atoms with Crippen LogP contribution in [0.4, 0.5) is 10.9 Å². The van der Waals surface area contributed by atoms with Crippen LogP contribution in [0, 0.1) is 0 Å². The number of pyridine rings is 1. The van der Waals surface area contributed by atoms with Crippen molar-refractivity contribution in [1.29, 1.82) is 0 Å². The number of halogens is 1. The van der Waals surface area contributed by atoms with Crippen LogP contribution in [-0.2, 0) is 6.42 Å². The summed E-state index contributed by atoms with van der Waals surface area (Å²) in [5, 5.41) is 1.72. The van der Waals surface area contributed by atoms with Crippen molar-refractivity contribution in [1.82, 2.24) is 14.3 Å². The number of aromatic nitrogens is 3. The Labute approximate surface area is 133 Å². The number of nitrogens with zero attached hydrogens (tertiary/aromatic N) is 5. The molecule has 0 amide bonds. The van der Waals surface area contributed by atoms with Crippen LogP contribution in [0.25, 0.3) is 0 Å². The van der Waals surface area contributed by atoms with Gasteiger partial charge in [0.15, 0.2) is 0 Å². The molecule has 3 rings (SSSR count). The smallest absolute Gasteiger partial charge is 0.205 e. The molecule has 1 saturated heterocycles. The van der Waals surface area contributed by atoms with Crippen molar-refractivity contribution in [3.8, 4) is 0 Å². The molecule has 0 aromatic carbocycles. The van der Waals surface area contributed by atoms with Gasteiger partial charge in [-0.1, -0.05) is 18.5 Å². The number of aryl methyl sites for hydroxylation is 1. The molecule has 7 heteroatoms. The lowest BCUT2D eigenvalue weighted by Crippen LogP contribution is -2.31. The van der Waals surface area contributed by atoms with Crippen LogP contribution < -0.4 is 9.80 Å². The van der Waals surface area contributed by atoms with Gasteiger partial charge in [0.2, 0.25) is 5.13 Å². The standard InChI is InChI=1S/C14H18ClN5S/c1-2-12-17-14(21-18-12)20-7-3-6-19(8-9-20)13-5-4-11(15)10-16-13/h4-5,10H,2-3,6-9H2,1H3. The fraction of sp³-hybridized carbons (Fsp3) is 0.500. The van der Waals surface area contributed by atoms with E-state index in [1.165, 1.54) is 11.5 Å². The third-order valence-electron chi connectivity index (χ3n) is 3.58. The molecular weight excluding hydrogens is 306 g/mol. The van der Waals surface area contributed by atoms with E-state index in [0.29, 0.717) is 5.02 Å². The van der Waals surface area contributed by atoms with Gasteiger partial charge in [-0.25, -0.2) is 9.97 Å². The van der Waals surface area contributed by atoms with E-state index in [1.54, 1.807) is 6.20 Å². The first-order valence-corrected chi connectivity index (χ1v) is 8.35. The molecule has 0 spiro atoms. The molecule has 0 unspecified atom stereocenters. The van der Waals surface area contributed by atoms with Gasteiger partial charge in [-0.05, 0) is 18.6 Å². The van der Waals surface area contributed by atoms with Crippen LogP contribution in [-0.4, -0.2) is 40.5 Å². The van der Waals surface area contributed by atoms with Gasteiger partial charge in [0.25, 0.3) is 0 Å². The molecule has 0 N–H and O–H groups in total. The van der Waals surface area contributed by atoms with Gasteiger partial charge >= 0.3 is 0 Å². The summed E-state index contributed by atoms with van der Waals surface area (Å²) in [6.07, 6.45) is 3.69. The lowest BCUT2D eigenvalue weighted by Gasteiger charge is -2.22. The Bertz CT molecular complexity index is 585. The average Bonchev–Trinajstić information content (AvgIpc) is 2.85. The Balaban J connectivity index is 1.67. The number of hydrogen-bond acceptors (Lipinski definition) is 6. The van der Waals surface area contributed by atoms with E-state index in [1.807, 2.05) is 12.1 Å². The first kappa shape index (κ1) is 14.5. The monoisotopic (exact) mass is 323 g/mol. The van der Waals surface area contributed by atoms with E-state index in [-0.39, 0.29) is 0 Å². The highest BCUT2D eigenvalue weighted by Gasteiger charge is 2.18. The van der Waals surface area contributed by atoms with Crippen LogP contribution in [0.3, 0.4) is 0 Å². The minimum atomic E-state index is 0.677. The highest BCUT2D eigenvalue weighted by Crippen LogP contribution is 2.21. The molecule has 112 valence electrons. The zero-order valence-electron chi connectivity index (χ0n) is 12.0. The Morgan fingerprint density at radius 2 is 2.00 bits per heavy atom. The second-order valence-corrected chi connectivity index (χ2v) is 6.18. The first-order valence-electron chi connectivity index (χ1n) is 7.20. The molecule has 0 saturated carbocycles. The molecule has 5 nitrogen and oxygen atoms in total. The lowest BCUT2D eigenvalue weighted by molar-refractivity contribution is 0.796. The van der Waals surface area contributed by atoms with E-state index in [0.717, 1.165) is 55.8 Å². The summed E-state index contributed by atoms with van der Waals surface area (Å²) < 4.78 is 4.38. The van der Waals surface area contributed by atoms with Gasteiger partial charge in [-0.3, -0.25) is 0 Å². The predicted octanol–water partition coefficient (Wildman–Crippen LogP) is 2.87. The molecule has 21 heavy (non-hydrogen) atoms. The molecule has 1 aliphatic rings. The summed E-state index contributed by atoms with van der Waals surface area (Å²) >= 11 is 7.40. The number of hydrogen-bond donors (Lipinski definition) is 0. The maximum absolute atomic E-state index is 5.90. The van der Waals surface area contributed by atoms with E-state index in [9.17, 15) is 0 Å². The van der Waals surface area contributed by atoms with E-state index in [4.69, 9.17) is 11.6 Å². The topological polar surface area (TPSA) is 45.2 Å². The quantitative estimate of drug-likeness (QED) is 0.869. The summed E-state index contributed by atoms with van der Waals surface area (Å²) in [4.78, 5) is 13.6. The third kappa shape index (κ3) is 3.44. The zero-order valence-corrected chi connectivity index (χ0v) is 13.6. The van der Waals surface area contributed by atoms with Gasteiger partial charge in [0.05, 0.1) is 5.02 Å². The van der Waals surface area contributed by atoms with E-state index < -0.39 is 0 Å². The van der Waals surface area contributed by atoms with Gasteiger partial charge in [0, 0.05) is 50.3 Å². The Morgan fingerprint density at radius 1 is 1.19 bits per heavy atom. The second kappa shape index (κ2) is 6.58. The van der Waals surface area contributed by atoms with Crippen molar-refractivity contribution in [2.75, 3.05) is 36.0 Å². The summed E-state index contributed by atoms with van der Waals surface area (Å²) in [6.45, 7) is 5.99. The molecule has 2 aromatic heterocycles. The maximum Gasteiger partial charge on any atom is 0.205 e. The van der Waals surface area contributed by atoms with Gasteiger partial charge in [0.1, 0.15) is 11.6 Å². The van der Waals surface area contributed by atoms with Crippen molar-refractivity contribution in [3.05, 3.63) is 29.2 Å². The normalized spacial score (nSPS) is 16.1. The van der Waals surface area contributed by atoms with Crippen molar-refractivity contribution in [2.24, 2.45) is 0 Å². The van der Waals surface area contributed by atoms with E-state index in [2.05, 4.69) is 31.1 Å². The molecule has 0 atom stereocenters. The molecule has 0 bridgehead atoms. The Hall–Kier alpha value is -1.40. The van der Waals surface area contributed by atoms with Crippen LogP contribution in [0.2, 0.25) is 5.02 Å². The lowest BCUT2D eigenvalue weighted by atomic mass is 10.3. The Morgan fingerprint density at radius 3 is 2.71 bits per heavy atom. The van der Waals surface area contributed by atoms with Gasteiger partial charge < -0.3 is 9.80 Å². The molecule has 2 aromatic rings. The van der Waals surface area contributed by atoms with Crippen LogP contribution in [0.5, 0.6) is 0 Å². The maximum atomic E-state index is 5.90. The van der Waals surface area contributed by atoms with Crippen LogP contribution >= 0.6 is 23.1 Å². The summed E-state index contributed by atoms with van der Waals surface area (Å²) in [7, 11) is 0. The van der Waals surface area contributed by atoms with Crippen molar-refractivity contribution in [3.63, 3.8) is 0 Å². The summed E-state index contributed by atoms with van der Waals surface area (Å²) in [5.74, 6) is 1.93.